The van der Waals surface area contributed by atoms with Gasteiger partial charge in [-0.15, -0.1) is 0 Å². The summed E-state index contributed by atoms with van der Waals surface area (Å²) in [5.41, 5.74) is 1.43. The van der Waals surface area contributed by atoms with Crippen LogP contribution in [-0.4, -0.2) is 14.3 Å². The van der Waals surface area contributed by atoms with E-state index in [9.17, 15) is 17.6 Å². The van der Waals surface area contributed by atoms with Gasteiger partial charge in [0.05, 0.1) is 10.6 Å². The van der Waals surface area contributed by atoms with Gasteiger partial charge < -0.3 is 5.32 Å². The fourth-order valence-corrected chi connectivity index (χ4v) is 3.71. The number of benzene rings is 3. The molecule has 8 heteroatoms. The van der Waals surface area contributed by atoms with Gasteiger partial charge in [0, 0.05) is 16.3 Å². The molecule has 0 unspecified atom stereocenters. The molecule has 2 N–H and O–H groups in total. The van der Waals surface area contributed by atoms with E-state index in [0.717, 1.165) is 0 Å². The van der Waals surface area contributed by atoms with Crippen LogP contribution in [0.15, 0.2) is 71.6 Å². The molecule has 3 aromatic carbocycles. The molecule has 5 nitrogen and oxygen atoms in total. The molecular weight excluding hydrogens is 403 g/mol. The molecule has 0 aliphatic rings. The first-order valence-corrected chi connectivity index (χ1v) is 10.1. The number of hydrogen-bond acceptors (Lipinski definition) is 3. The first kappa shape index (κ1) is 19.9. The zero-order valence-electron chi connectivity index (χ0n) is 14.7. The lowest BCUT2D eigenvalue weighted by Crippen LogP contribution is -2.16. The van der Waals surface area contributed by atoms with Gasteiger partial charge in [0.2, 0.25) is 0 Å². The third kappa shape index (κ3) is 4.68. The average molecular weight is 419 g/mol. The largest absolute Gasteiger partial charge is 0.322 e. The molecule has 144 valence electrons. The monoisotopic (exact) mass is 418 g/mol. The van der Waals surface area contributed by atoms with Crippen molar-refractivity contribution >= 4 is 38.9 Å². The molecule has 3 aromatic rings. The van der Waals surface area contributed by atoms with Crippen molar-refractivity contribution < 1.29 is 17.6 Å². The van der Waals surface area contributed by atoms with E-state index >= 15 is 0 Å². The quantitative estimate of drug-likeness (QED) is 0.622. The Kier molecular flexibility index (Phi) is 5.67. The fraction of sp³-hybridized carbons (Fsp3) is 0.0500. The highest BCUT2D eigenvalue weighted by molar-refractivity contribution is 7.92. The predicted octanol–water partition coefficient (Wildman–Crippen LogP) is 4.84. The van der Waals surface area contributed by atoms with E-state index in [1.807, 2.05) is 0 Å². The van der Waals surface area contributed by atoms with E-state index in [0.29, 0.717) is 16.3 Å². The lowest BCUT2D eigenvalue weighted by molar-refractivity contribution is 0.102. The van der Waals surface area contributed by atoms with Crippen LogP contribution in [-0.2, 0) is 10.0 Å². The van der Waals surface area contributed by atoms with Crippen molar-refractivity contribution in [2.24, 2.45) is 0 Å². The maximum Gasteiger partial charge on any atom is 0.261 e. The maximum atomic E-state index is 13.3. The van der Waals surface area contributed by atoms with Crippen LogP contribution in [0.2, 0.25) is 5.02 Å². The van der Waals surface area contributed by atoms with Crippen LogP contribution >= 0.6 is 11.6 Å². The SMILES string of the molecule is Cc1ccc(C(=O)Nc2cccc(F)c2)cc1NS(=O)(=O)c1ccc(Cl)cc1. The van der Waals surface area contributed by atoms with Crippen LogP contribution in [0.5, 0.6) is 0 Å². The summed E-state index contributed by atoms with van der Waals surface area (Å²) < 4.78 is 40.9. The maximum absolute atomic E-state index is 13.3. The van der Waals surface area contributed by atoms with Crippen molar-refractivity contribution in [2.45, 2.75) is 11.8 Å². The molecule has 0 saturated heterocycles. The molecule has 3 rings (SSSR count). The number of hydrogen-bond donors (Lipinski definition) is 2. The third-order valence-electron chi connectivity index (χ3n) is 3.95. The van der Waals surface area contributed by atoms with Crippen LogP contribution in [0.3, 0.4) is 0 Å². The minimum atomic E-state index is -3.85. The summed E-state index contributed by atoms with van der Waals surface area (Å²) >= 11 is 5.80. The molecule has 0 spiro atoms. The Morgan fingerprint density at radius 3 is 2.39 bits per heavy atom. The second kappa shape index (κ2) is 8.00. The van der Waals surface area contributed by atoms with Crippen LogP contribution in [0.1, 0.15) is 15.9 Å². The standard InChI is InChI=1S/C20H16ClFN2O3S/c1-13-5-6-14(20(25)23-17-4-2-3-16(22)12-17)11-19(13)24-28(26,27)18-9-7-15(21)8-10-18/h2-12,24H,1H3,(H,23,25). The van der Waals surface area contributed by atoms with Crippen molar-refractivity contribution in [3.63, 3.8) is 0 Å². The molecule has 0 atom stereocenters. The van der Waals surface area contributed by atoms with Crippen molar-refractivity contribution in [3.8, 4) is 0 Å². The van der Waals surface area contributed by atoms with E-state index in [2.05, 4.69) is 10.0 Å². The van der Waals surface area contributed by atoms with E-state index in [4.69, 9.17) is 11.6 Å². The first-order chi connectivity index (χ1) is 13.2. The highest BCUT2D eigenvalue weighted by Crippen LogP contribution is 2.23. The predicted molar refractivity (Wildman–Crippen MR) is 108 cm³/mol. The molecule has 28 heavy (non-hydrogen) atoms. The van der Waals surface area contributed by atoms with Crippen LogP contribution in [0.25, 0.3) is 0 Å². The zero-order valence-corrected chi connectivity index (χ0v) is 16.3. The van der Waals surface area contributed by atoms with Crippen molar-refractivity contribution in [3.05, 3.63) is 88.7 Å². The van der Waals surface area contributed by atoms with Gasteiger partial charge in [0.25, 0.3) is 15.9 Å². The Balaban J connectivity index is 1.85. The Hall–Kier alpha value is -2.90. The van der Waals surface area contributed by atoms with Crippen LogP contribution in [0.4, 0.5) is 15.8 Å². The molecule has 0 aliphatic heterocycles. The number of rotatable bonds is 5. The molecule has 0 heterocycles. The number of halogens is 2. The van der Waals surface area contributed by atoms with Gasteiger partial charge in [-0.1, -0.05) is 23.7 Å². The molecule has 0 radical (unpaired) electrons. The van der Waals surface area contributed by atoms with Gasteiger partial charge >= 0.3 is 0 Å². The molecule has 0 aromatic heterocycles. The zero-order chi connectivity index (χ0) is 20.3. The molecule has 0 fully saturated rings. The van der Waals surface area contributed by atoms with Crippen molar-refractivity contribution in [2.75, 3.05) is 10.0 Å². The van der Waals surface area contributed by atoms with E-state index in [-0.39, 0.29) is 16.1 Å². The molecular formula is C20H16ClFN2O3S. The second-order valence-electron chi connectivity index (χ2n) is 6.05. The fourth-order valence-electron chi connectivity index (χ4n) is 2.46. The van der Waals surface area contributed by atoms with E-state index < -0.39 is 21.7 Å². The lowest BCUT2D eigenvalue weighted by atomic mass is 10.1. The number of carbonyl (C=O) groups excluding carboxylic acids is 1. The smallest absolute Gasteiger partial charge is 0.261 e. The number of anilines is 2. The minimum Gasteiger partial charge on any atom is -0.322 e. The van der Waals surface area contributed by atoms with Gasteiger partial charge in [-0.05, 0) is 67.1 Å². The van der Waals surface area contributed by atoms with Gasteiger partial charge in [0.15, 0.2) is 0 Å². The van der Waals surface area contributed by atoms with Crippen molar-refractivity contribution in [1.82, 2.24) is 0 Å². The summed E-state index contributed by atoms with van der Waals surface area (Å²) in [5.74, 6) is -0.962. The number of sulfonamides is 1. The Morgan fingerprint density at radius 1 is 1.00 bits per heavy atom. The molecule has 0 bridgehead atoms. The Morgan fingerprint density at radius 2 is 1.71 bits per heavy atom. The molecule has 1 amide bonds. The molecule has 0 saturated carbocycles. The topological polar surface area (TPSA) is 75.3 Å². The summed E-state index contributed by atoms with van der Waals surface area (Å²) in [7, 11) is -3.85. The minimum absolute atomic E-state index is 0.0471. The number of amides is 1. The summed E-state index contributed by atoms with van der Waals surface area (Å²) in [6.45, 7) is 1.72. The average Bonchev–Trinajstić information content (AvgIpc) is 2.63. The molecule has 0 aliphatic carbocycles. The lowest BCUT2D eigenvalue weighted by Gasteiger charge is -2.13. The number of aryl methyl sites for hydroxylation is 1. The normalized spacial score (nSPS) is 11.1. The second-order valence-corrected chi connectivity index (χ2v) is 8.17. The Bertz CT molecular complexity index is 1130. The first-order valence-electron chi connectivity index (χ1n) is 8.20. The van der Waals surface area contributed by atoms with E-state index in [1.165, 1.54) is 48.5 Å². The highest BCUT2D eigenvalue weighted by atomic mass is 35.5. The van der Waals surface area contributed by atoms with Gasteiger partial charge in [-0.2, -0.15) is 0 Å². The summed E-state index contributed by atoms with van der Waals surface area (Å²) in [5, 5.41) is 3.00. The summed E-state index contributed by atoms with van der Waals surface area (Å²) in [6.07, 6.45) is 0. The number of carbonyl (C=O) groups is 1. The Labute approximate surface area is 167 Å². The summed E-state index contributed by atoms with van der Waals surface area (Å²) in [6, 6.07) is 15.8. The van der Waals surface area contributed by atoms with E-state index in [1.54, 1.807) is 25.1 Å². The van der Waals surface area contributed by atoms with Crippen LogP contribution in [0, 0.1) is 12.7 Å². The third-order valence-corrected chi connectivity index (χ3v) is 5.58. The van der Waals surface area contributed by atoms with Gasteiger partial charge in [0.1, 0.15) is 5.82 Å². The highest BCUT2D eigenvalue weighted by Gasteiger charge is 2.17. The van der Waals surface area contributed by atoms with Gasteiger partial charge in [-0.25, -0.2) is 12.8 Å². The van der Waals surface area contributed by atoms with Gasteiger partial charge in [-0.3, -0.25) is 9.52 Å². The van der Waals surface area contributed by atoms with Crippen molar-refractivity contribution in [1.29, 1.82) is 0 Å². The number of nitrogens with one attached hydrogen (secondary N) is 2. The van der Waals surface area contributed by atoms with Crippen LogP contribution < -0.4 is 10.0 Å². The summed E-state index contributed by atoms with van der Waals surface area (Å²) in [4.78, 5) is 12.5.